The molecule has 2 amide bonds. The molecule has 3 aromatic carbocycles. The van der Waals surface area contributed by atoms with Crippen molar-refractivity contribution in [3.63, 3.8) is 0 Å². The van der Waals surface area contributed by atoms with Gasteiger partial charge in [0.05, 0.1) is 17.0 Å². The van der Waals surface area contributed by atoms with Crippen molar-refractivity contribution in [2.24, 2.45) is 5.73 Å². The van der Waals surface area contributed by atoms with E-state index in [1.54, 1.807) is 26.8 Å². The van der Waals surface area contributed by atoms with E-state index < -0.39 is 23.1 Å². The summed E-state index contributed by atoms with van der Waals surface area (Å²) in [6.07, 6.45) is -0.520. The zero-order valence-electron chi connectivity index (χ0n) is 22.2. The van der Waals surface area contributed by atoms with Crippen LogP contribution in [0, 0.1) is 5.82 Å². The molecular formula is C30H33FN4O3. The molecule has 3 aromatic rings. The first-order valence-electron chi connectivity index (χ1n) is 12.4. The number of ether oxygens (including phenoxy) is 1. The standard InChI is InChI=1S/C30H33FN4O3/c1-29(2,3)38-28(37)33-17-18-7-6-8-19(15-18)26(34-22-12-9-20(10-13-22)30(4,5)32)25-23-14-11-21(31)16-24(23)35-27(25)36/h6-16,34H,17,32H2,1-5H3,(H,33,37)(H,35,36)/b26-25-. The van der Waals surface area contributed by atoms with E-state index in [2.05, 4.69) is 16.0 Å². The molecule has 0 fully saturated rings. The van der Waals surface area contributed by atoms with Crippen LogP contribution in [0.5, 0.6) is 0 Å². The minimum Gasteiger partial charge on any atom is -0.444 e. The van der Waals surface area contributed by atoms with Crippen LogP contribution >= 0.6 is 0 Å². The van der Waals surface area contributed by atoms with Crippen molar-refractivity contribution in [2.45, 2.75) is 52.3 Å². The van der Waals surface area contributed by atoms with E-state index in [1.165, 1.54) is 12.1 Å². The number of halogens is 1. The van der Waals surface area contributed by atoms with Crippen molar-refractivity contribution in [1.29, 1.82) is 0 Å². The maximum Gasteiger partial charge on any atom is 0.407 e. The summed E-state index contributed by atoms with van der Waals surface area (Å²) in [4.78, 5) is 25.3. The Morgan fingerprint density at radius 2 is 1.71 bits per heavy atom. The van der Waals surface area contributed by atoms with Gasteiger partial charge in [0.1, 0.15) is 11.4 Å². The van der Waals surface area contributed by atoms with Gasteiger partial charge in [-0.05, 0) is 87.7 Å². The number of anilines is 2. The van der Waals surface area contributed by atoms with E-state index in [0.29, 0.717) is 22.5 Å². The van der Waals surface area contributed by atoms with Gasteiger partial charge in [0.15, 0.2) is 0 Å². The zero-order valence-corrected chi connectivity index (χ0v) is 22.2. The molecule has 0 atom stereocenters. The number of carbonyl (C=O) groups is 2. The van der Waals surface area contributed by atoms with Gasteiger partial charge in [-0.2, -0.15) is 0 Å². The molecule has 0 bridgehead atoms. The van der Waals surface area contributed by atoms with Gasteiger partial charge in [-0.1, -0.05) is 30.3 Å². The summed E-state index contributed by atoms with van der Waals surface area (Å²) >= 11 is 0. The van der Waals surface area contributed by atoms with Gasteiger partial charge in [0.25, 0.3) is 5.91 Å². The number of carbonyl (C=O) groups excluding carboxylic acids is 2. The Kier molecular flexibility index (Phi) is 7.29. The second-order valence-corrected chi connectivity index (χ2v) is 10.9. The van der Waals surface area contributed by atoms with Gasteiger partial charge >= 0.3 is 6.09 Å². The van der Waals surface area contributed by atoms with Crippen molar-refractivity contribution >= 4 is 34.6 Å². The third-order valence-corrected chi connectivity index (χ3v) is 5.93. The number of nitrogens with two attached hydrogens (primary N) is 1. The van der Waals surface area contributed by atoms with Gasteiger partial charge in [-0.3, -0.25) is 4.79 Å². The fourth-order valence-electron chi connectivity index (χ4n) is 4.12. The summed E-state index contributed by atoms with van der Waals surface area (Å²) in [5.41, 5.74) is 10.3. The maximum atomic E-state index is 13.9. The van der Waals surface area contributed by atoms with E-state index >= 15 is 0 Å². The molecule has 0 radical (unpaired) electrons. The highest BCUT2D eigenvalue weighted by Crippen LogP contribution is 2.38. The zero-order chi connectivity index (χ0) is 27.7. The SMILES string of the molecule is CC(C)(C)OC(=O)NCc1cccc(/C(Nc2ccc(C(C)(C)N)cc2)=C2/C(=O)Nc3cc(F)ccc32)c1. The molecule has 7 nitrogen and oxygen atoms in total. The molecule has 1 heterocycles. The molecule has 0 saturated carbocycles. The van der Waals surface area contributed by atoms with Crippen LogP contribution in [0.25, 0.3) is 11.3 Å². The number of hydrogen-bond acceptors (Lipinski definition) is 5. The molecule has 4 rings (SSSR count). The van der Waals surface area contributed by atoms with Crippen molar-refractivity contribution < 1.29 is 18.7 Å². The Morgan fingerprint density at radius 3 is 2.37 bits per heavy atom. The fraction of sp³-hybridized carbons (Fsp3) is 0.267. The predicted octanol–water partition coefficient (Wildman–Crippen LogP) is 5.98. The molecular weight excluding hydrogens is 483 g/mol. The van der Waals surface area contributed by atoms with Gasteiger partial charge < -0.3 is 26.4 Å². The smallest absolute Gasteiger partial charge is 0.407 e. The molecule has 8 heteroatoms. The first-order chi connectivity index (χ1) is 17.8. The normalized spacial score (nSPS) is 14.4. The van der Waals surface area contributed by atoms with Crippen LogP contribution in [0.2, 0.25) is 0 Å². The summed E-state index contributed by atoms with van der Waals surface area (Å²) in [7, 11) is 0. The first-order valence-corrected chi connectivity index (χ1v) is 12.4. The molecule has 0 unspecified atom stereocenters. The van der Waals surface area contributed by atoms with E-state index in [4.69, 9.17) is 10.5 Å². The van der Waals surface area contributed by atoms with Gasteiger partial charge in [0.2, 0.25) is 0 Å². The van der Waals surface area contributed by atoms with Gasteiger partial charge in [0, 0.05) is 23.3 Å². The predicted molar refractivity (Wildman–Crippen MR) is 149 cm³/mol. The Bertz CT molecular complexity index is 1400. The van der Waals surface area contributed by atoms with E-state index in [9.17, 15) is 14.0 Å². The molecule has 38 heavy (non-hydrogen) atoms. The highest BCUT2D eigenvalue weighted by Gasteiger charge is 2.29. The lowest BCUT2D eigenvalue weighted by Crippen LogP contribution is -2.32. The average Bonchev–Trinajstić information content (AvgIpc) is 3.14. The molecule has 198 valence electrons. The minimum absolute atomic E-state index is 0.236. The monoisotopic (exact) mass is 516 g/mol. The number of fused-ring (bicyclic) bond motifs is 1. The Hall–Kier alpha value is -4.17. The maximum absolute atomic E-state index is 13.9. The Labute approximate surface area is 222 Å². The van der Waals surface area contributed by atoms with Crippen LogP contribution in [0.15, 0.2) is 66.7 Å². The van der Waals surface area contributed by atoms with Crippen molar-refractivity contribution in [3.8, 4) is 0 Å². The molecule has 0 aliphatic carbocycles. The lowest BCUT2D eigenvalue weighted by Gasteiger charge is -2.21. The highest BCUT2D eigenvalue weighted by atomic mass is 19.1. The van der Waals surface area contributed by atoms with Gasteiger partial charge in [-0.15, -0.1) is 0 Å². The fourth-order valence-corrected chi connectivity index (χ4v) is 4.12. The molecule has 1 aliphatic rings. The summed E-state index contributed by atoms with van der Waals surface area (Å²) in [6, 6.07) is 19.4. The van der Waals surface area contributed by atoms with Gasteiger partial charge in [-0.25, -0.2) is 9.18 Å². The molecule has 0 aromatic heterocycles. The molecule has 1 aliphatic heterocycles. The van der Waals surface area contributed by atoms with E-state index in [0.717, 1.165) is 22.4 Å². The lowest BCUT2D eigenvalue weighted by molar-refractivity contribution is -0.110. The number of alkyl carbamates (subject to hydrolysis) is 1. The number of hydrogen-bond donors (Lipinski definition) is 4. The summed E-state index contributed by atoms with van der Waals surface area (Å²) in [6.45, 7) is 9.50. The summed E-state index contributed by atoms with van der Waals surface area (Å²) in [5.74, 6) is -0.778. The second kappa shape index (κ2) is 10.3. The van der Waals surface area contributed by atoms with Crippen LogP contribution in [-0.4, -0.2) is 17.6 Å². The largest absolute Gasteiger partial charge is 0.444 e. The lowest BCUT2D eigenvalue weighted by atomic mass is 9.95. The topological polar surface area (TPSA) is 105 Å². The Balaban J connectivity index is 1.73. The number of nitrogens with one attached hydrogen (secondary N) is 3. The van der Waals surface area contributed by atoms with Crippen LogP contribution < -0.4 is 21.7 Å². The number of rotatable bonds is 6. The summed E-state index contributed by atoms with van der Waals surface area (Å²) < 4.78 is 19.2. The summed E-state index contributed by atoms with van der Waals surface area (Å²) in [5, 5.41) is 8.92. The van der Waals surface area contributed by atoms with E-state index in [-0.39, 0.29) is 12.5 Å². The third-order valence-electron chi connectivity index (χ3n) is 5.93. The second-order valence-electron chi connectivity index (χ2n) is 10.9. The molecule has 0 spiro atoms. The number of benzene rings is 3. The van der Waals surface area contributed by atoms with Crippen LogP contribution in [0.3, 0.4) is 0 Å². The van der Waals surface area contributed by atoms with Crippen LogP contribution in [0.4, 0.5) is 20.6 Å². The third kappa shape index (κ3) is 6.39. The molecule has 5 N–H and O–H groups in total. The highest BCUT2D eigenvalue weighted by molar-refractivity contribution is 6.37. The van der Waals surface area contributed by atoms with E-state index in [1.807, 2.05) is 62.4 Å². The van der Waals surface area contributed by atoms with Crippen molar-refractivity contribution in [2.75, 3.05) is 10.6 Å². The molecule has 0 saturated heterocycles. The van der Waals surface area contributed by atoms with Crippen LogP contribution in [0.1, 0.15) is 56.9 Å². The van der Waals surface area contributed by atoms with Crippen molar-refractivity contribution in [1.82, 2.24) is 5.32 Å². The van der Waals surface area contributed by atoms with Crippen molar-refractivity contribution in [3.05, 3.63) is 94.8 Å². The minimum atomic E-state index is -0.606. The number of amides is 2. The quantitative estimate of drug-likeness (QED) is 0.302. The Morgan fingerprint density at radius 1 is 1.00 bits per heavy atom. The van der Waals surface area contributed by atoms with Crippen LogP contribution in [-0.2, 0) is 21.6 Å². The average molecular weight is 517 g/mol. The first kappa shape index (κ1) is 26.9.